The van der Waals surface area contributed by atoms with Gasteiger partial charge in [-0.1, -0.05) is 142 Å². The van der Waals surface area contributed by atoms with Crippen LogP contribution >= 0.6 is 0 Å². The minimum absolute atomic E-state index is 0.419. The first-order valence-corrected chi connectivity index (χ1v) is 17.3. The standard InChI is InChI=1S/C36H65N3O2/c1-4-5-6-7-22-25-30-38-33(2)28-29-35(36(41)32-37)39-34(3)27-24-21-19-17-15-13-11-9-8-10-12-14-16-18-20-23-26-31-40/h31,35,38-39H,2-30H2,1H3. The van der Waals surface area contributed by atoms with E-state index in [-0.39, 0.29) is 0 Å². The predicted molar refractivity (Wildman–Crippen MR) is 176 cm³/mol. The summed E-state index contributed by atoms with van der Waals surface area (Å²) < 4.78 is 0. The van der Waals surface area contributed by atoms with Crippen LogP contribution in [-0.4, -0.2) is 24.7 Å². The molecule has 0 aromatic carbocycles. The molecule has 0 heterocycles. The number of unbranched alkanes of at least 4 members (excludes halogenated alkanes) is 21. The molecule has 0 spiro atoms. The van der Waals surface area contributed by atoms with Gasteiger partial charge in [0.25, 0.3) is 5.78 Å². The molecule has 0 aliphatic heterocycles. The summed E-state index contributed by atoms with van der Waals surface area (Å²) in [7, 11) is 0. The highest BCUT2D eigenvalue weighted by Crippen LogP contribution is 2.15. The van der Waals surface area contributed by atoms with Gasteiger partial charge < -0.3 is 15.4 Å². The quantitative estimate of drug-likeness (QED) is 0.0465. The third-order valence-corrected chi connectivity index (χ3v) is 8.00. The molecule has 0 aliphatic carbocycles. The maximum absolute atomic E-state index is 12.2. The number of hydrogen-bond donors (Lipinski definition) is 2. The topological polar surface area (TPSA) is 82.0 Å². The molecule has 0 fully saturated rings. The van der Waals surface area contributed by atoms with Crippen molar-refractivity contribution < 1.29 is 9.59 Å². The predicted octanol–water partition coefficient (Wildman–Crippen LogP) is 10.0. The molecule has 0 saturated carbocycles. The monoisotopic (exact) mass is 572 g/mol. The van der Waals surface area contributed by atoms with E-state index in [1.165, 1.54) is 122 Å². The average Bonchev–Trinajstić information content (AvgIpc) is 2.97. The highest BCUT2D eigenvalue weighted by Gasteiger charge is 2.18. The Bertz CT molecular complexity index is 697. The Morgan fingerprint density at radius 1 is 0.683 bits per heavy atom. The molecule has 0 amide bonds. The SMILES string of the molecule is C=C(CCC(NC(=C)CCCCCCCCCCCCCCCCCCC=O)C(=O)C#N)NCCCCCCCC. The maximum Gasteiger partial charge on any atom is 0.253 e. The third-order valence-electron chi connectivity index (χ3n) is 8.00. The van der Waals surface area contributed by atoms with Gasteiger partial charge in [0, 0.05) is 24.4 Å². The molecule has 5 heteroatoms. The molecule has 0 aromatic heterocycles. The molecule has 0 aromatic rings. The molecule has 1 unspecified atom stereocenters. The first-order chi connectivity index (χ1) is 20.0. The van der Waals surface area contributed by atoms with Crippen LogP contribution in [0.4, 0.5) is 0 Å². The zero-order valence-electron chi connectivity index (χ0n) is 26.9. The van der Waals surface area contributed by atoms with Gasteiger partial charge in [-0.2, -0.15) is 5.26 Å². The van der Waals surface area contributed by atoms with Crippen molar-refractivity contribution in [3.8, 4) is 6.07 Å². The molecule has 2 N–H and O–H groups in total. The lowest BCUT2D eigenvalue weighted by Gasteiger charge is -2.19. The number of aldehydes is 1. The van der Waals surface area contributed by atoms with Gasteiger partial charge in [0.15, 0.2) is 0 Å². The molecule has 41 heavy (non-hydrogen) atoms. The smallest absolute Gasteiger partial charge is 0.253 e. The van der Waals surface area contributed by atoms with E-state index in [0.717, 1.165) is 56.3 Å². The van der Waals surface area contributed by atoms with Crippen LogP contribution in [0.25, 0.3) is 0 Å². The number of rotatable bonds is 33. The summed E-state index contributed by atoms with van der Waals surface area (Å²) >= 11 is 0. The summed E-state index contributed by atoms with van der Waals surface area (Å²) in [6.45, 7) is 11.4. The lowest BCUT2D eigenvalue weighted by molar-refractivity contribution is -0.115. The number of ketones is 1. The fourth-order valence-electron chi connectivity index (χ4n) is 5.28. The van der Waals surface area contributed by atoms with Gasteiger partial charge in [-0.15, -0.1) is 0 Å². The van der Waals surface area contributed by atoms with E-state index in [0.29, 0.717) is 12.8 Å². The number of carbonyl (C=O) groups excluding carboxylic acids is 2. The number of carbonyl (C=O) groups is 2. The molecule has 5 nitrogen and oxygen atoms in total. The van der Waals surface area contributed by atoms with Crippen LogP contribution in [0.5, 0.6) is 0 Å². The van der Waals surface area contributed by atoms with Gasteiger partial charge in [0.1, 0.15) is 12.4 Å². The lowest BCUT2D eigenvalue weighted by Crippen LogP contribution is -2.35. The van der Waals surface area contributed by atoms with Crippen molar-refractivity contribution in [2.45, 2.75) is 180 Å². The molecular weight excluding hydrogens is 506 g/mol. The number of hydrogen-bond acceptors (Lipinski definition) is 5. The first-order valence-electron chi connectivity index (χ1n) is 17.3. The van der Waals surface area contributed by atoms with Gasteiger partial charge in [-0.3, -0.25) is 4.79 Å². The minimum atomic E-state index is -0.501. The molecule has 0 aliphatic rings. The summed E-state index contributed by atoms with van der Waals surface area (Å²) in [5.74, 6) is -0.419. The van der Waals surface area contributed by atoms with Crippen LogP contribution < -0.4 is 10.6 Å². The van der Waals surface area contributed by atoms with Crippen LogP contribution in [0, 0.1) is 11.3 Å². The first kappa shape index (κ1) is 38.9. The van der Waals surface area contributed by atoms with Crippen molar-refractivity contribution in [1.29, 1.82) is 5.26 Å². The third kappa shape index (κ3) is 27.8. The molecule has 0 bridgehead atoms. The Hall–Kier alpha value is -2.09. The zero-order chi connectivity index (χ0) is 30.2. The van der Waals surface area contributed by atoms with Gasteiger partial charge in [0.2, 0.25) is 0 Å². The van der Waals surface area contributed by atoms with Crippen molar-refractivity contribution >= 4 is 12.1 Å². The van der Waals surface area contributed by atoms with Gasteiger partial charge >= 0.3 is 0 Å². The Balaban J connectivity index is 3.71. The van der Waals surface area contributed by atoms with Crippen LogP contribution in [0.15, 0.2) is 24.6 Å². The van der Waals surface area contributed by atoms with E-state index in [1.807, 2.05) is 0 Å². The summed E-state index contributed by atoms with van der Waals surface area (Å²) in [5.41, 5.74) is 1.80. The Morgan fingerprint density at radius 2 is 1.15 bits per heavy atom. The van der Waals surface area contributed by atoms with E-state index >= 15 is 0 Å². The Labute approximate surface area is 254 Å². The van der Waals surface area contributed by atoms with Crippen molar-refractivity contribution in [2.75, 3.05) is 6.54 Å². The summed E-state index contributed by atoms with van der Waals surface area (Å²) in [6, 6.07) is 1.30. The number of nitrogens with zero attached hydrogens (tertiary/aromatic N) is 1. The number of nitrogens with one attached hydrogen (secondary N) is 2. The number of nitriles is 1. The fraction of sp³-hybridized carbons (Fsp3) is 0.806. The molecule has 0 radical (unpaired) electrons. The second-order valence-electron chi connectivity index (χ2n) is 12.0. The molecule has 0 rings (SSSR count). The van der Waals surface area contributed by atoms with Crippen molar-refractivity contribution in [3.05, 3.63) is 24.6 Å². The van der Waals surface area contributed by atoms with Crippen molar-refractivity contribution in [1.82, 2.24) is 10.6 Å². The summed E-state index contributed by atoms with van der Waals surface area (Å²) in [5, 5.41) is 15.8. The Morgan fingerprint density at radius 3 is 1.63 bits per heavy atom. The van der Waals surface area contributed by atoms with Crippen LogP contribution in [0.1, 0.15) is 174 Å². The van der Waals surface area contributed by atoms with Crippen LogP contribution in [0.3, 0.4) is 0 Å². The average molecular weight is 572 g/mol. The highest BCUT2D eigenvalue weighted by molar-refractivity contribution is 5.97. The fourth-order valence-corrected chi connectivity index (χ4v) is 5.28. The van der Waals surface area contributed by atoms with Gasteiger partial charge in [0.05, 0.1) is 6.04 Å². The minimum Gasteiger partial charge on any atom is -0.389 e. The molecule has 1 atom stereocenters. The van der Waals surface area contributed by atoms with E-state index < -0.39 is 11.8 Å². The molecular formula is C36H65N3O2. The highest BCUT2D eigenvalue weighted by atomic mass is 16.1. The van der Waals surface area contributed by atoms with Crippen molar-refractivity contribution in [3.63, 3.8) is 0 Å². The maximum atomic E-state index is 12.2. The van der Waals surface area contributed by atoms with E-state index in [9.17, 15) is 9.59 Å². The normalized spacial score (nSPS) is 11.5. The molecule has 0 saturated heterocycles. The van der Waals surface area contributed by atoms with Gasteiger partial charge in [-0.25, -0.2) is 0 Å². The van der Waals surface area contributed by atoms with E-state index in [4.69, 9.17) is 5.26 Å². The lowest BCUT2D eigenvalue weighted by atomic mass is 10.0. The van der Waals surface area contributed by atoms with Crippen LogP contribution in [0.2, 0.25) is 0 Å². The second-order valence-corrected chi connectivity index (χ2v) is 12.0. The van der Waals surface area contributed by atoms with Gasteiger partial charge in [-0.05, 0) is 38.5 Å². The zero-order valence-corrected chi connectivity index (χ0v) is 26.9. The van der Waals surface area contributed by atoms with E-state index in [1.54, 1.807) is 6.07 Å². The van der Waals surface area contributed by atoms with E-state index in [2.05, 4.69) is 30.7 Å². The summed E-state index contributed by atoms with van der Waals surface area (Å²) in [4.78, 5) is 22.5. The second kappa shape index (κ2) is 30.9. The summed E-state index contributed by atoms with van der Waals surface area (Å²) in [6.07, 6.45) is 32.0. The number of Topliss-reactive ketones (excluding diaryl/α,β-unsaturated/α-hetero) is 1. The largest absolute Gasteiger partial charge is 0.389 e. The molecule has 236 valence electrons. The number of allylic oxidation sites excluding steroid dienone is 2. The Kier molecular flexibility index (Phi) is 29.3. The van der Waals surface area contributed by atoms with Crippen molar-refractivity contribution in [2.24, 2.45) is 0 Å². The van der Waals surface area contributed by atoms with Crippen LogP contribution in [-0.2, 0) is 9.59 Å².